The molecule has 1 heterocycles. The molecule has 0 aliphatic heterocycles. The van der Waals surface area contributed by atoms with Crippen molar-refractivity contribution in [2.24, 2.45) is 0 Å². The van der Waals surface area contributed by atoms with E-state index in [-0.39, 0.29) is 17.9 Å². The number of benzene rings is 4. The van der Waals surface area contributed by atoms with E-state index in [2.05, 4.69) is 12.1 Å². The van der Waals surface area contributed by atoms with Gasteiger partial charge in [0.25, 0.3) is 5.56 Å². The van der Waals surface area contributed by atoms with Crippen LogP contribution in [0, 0.1) is 0 Å². The van der Waals surface area contributed by atoms with Crippen LogP contribution in [0.3, 0.4) is 0 Å². The Bertz CT molecular complexity index is 1610. The minimum absolute atomic E-state index is 0.0611. The number of carbonyl (C=O) groups excluding carboxylic acids is 1. The maximum absolute atomic E-state index is 13.7. The quantitative estimate of drug-likeness (QED) is 0.247. The number of ether oxygens (including phenoxy) is 1. The van der Waals surface area contributed by atoms with Gasteiger partial charge in [-0.3, -0.25) is 14.2 Å². The van der Waals surface area contributed by atoms with Gasteiger partial charge in [-0.2, -0.15) is 0 Å². The van der Waals surface area contributed by atoms with E-state index in [1.54, 1.807) is 22.6 Å². The summed E-state index contributed by atoms with van der Waals surface area (Å²) in [4.78, 5) is 34.1. The summed E-state index contributed by atoms with van der Waals surface area (Å²) in [5.41, 5.74) is 4.30. The van der Waals surface area contributed by atoms with E-state index in [1.165, 1.54) is 0 Å². The monoisotopic (exact) mass is 517 g/mol. The van der Waals surface area contributed by atoms with Gasteiger partial charge in [-0.05, 0) is 47.9 Å². The lowest BCUT2D eigenvalue weighted by atomic mass is 10.0. The fourth-order valence-electron chi connectivity index (χ4n) is 4.84. The first-order valence-electron chi connectivity index (χ1n) is 13.1. The van der Waals surface area contributed by atoms with Gasteiger partial charge in [0, 0.05) is 13.7 Å². The number of methoxy groups -OCH3 is 1. The summed E-state index contributed by atoms with van der Waals surface area (Å²) in [7, 11) is 1.61. The van der Waals surface area contributed by atoms with E-state index >= 15 is 0 Å². The fraction of sp³-hybridized carbons (Fsp3) is 0.182. The lowest BCUT2D eigenvalue weighted by Crippen LogP contribution is -2.40. The second-order valence-electron chi connectivity index (χ2n) is 9.46. The Morgan fingerprint density at radius 3 is 2.15 bits per heavy atom. The summed E-state index contributed by atoms with van der Waals surface area (Å²) in [6, 6.07) is 34.5. The zero-order chi connectivity index (χ0) is 27.2. The number of amides is 1. The molecule has 5 aromatic rings. The lowest BCUT2D eigenvalue weighted by molar-refractivity contribution is -0.133. The van der Waals surface area contributed by atoms with Crippen LogP contribution in [0.2, 0.25) is 0 Å². The van der Waals surface area contributed by atoms with E-state index in [1.807, 2.05) is 97.9 Å². The average Bonchev–Trinajstić information content (AvgIpc) is 2.98. The number of carbonyl (C=O) groups is 1. The van der Waals surface area contributed by atoms with Crippen molar-refractivity contribution in [3.8, 4) is 16.8 Å². The van der Waals surface area contributed by atoms with E-state index in [9.17, 15) is 9.59 Å². The second-order valence-corrected chi connectivity index (χ2v) is 9.46. The first-order chi connectivity index (χ1) is 19.1. The molecule has 6 heteroatoms. The molecular weight excluding hydrogens is 486 g/mol. The van der Waals surface area contributed by atoms with Crippen LogP contribution in [0.25, 0.3) is 27.7 Å². The van der Waals surface area contributed by atoms with Gasteiger partial charge in [-0.25, -0.2) is 4.98 Å². The number of aromatic nitrogens is 2. The Morgan fingerprint density at radius 2 is 1.46 bits per heavy atom. The van der Waals surface area contributed by atoms with Crippen LogP contribution in [0.5, 0.6) is 0 Å². The lowest BCUT2D eigenvalue weighted by Gasteiger charge is -2.30. The average molecular weight is 518 g/mol. The van der Waals surface area contributed by atoms with Gasteiger partial charge in [0.1, 0.15) is 5.82 Å². The Morgan fingerprint density at radius 1 is 0.846 bits per heavy atom. The first-order valence-corrected chi connectivity index (χ1v) is 13.1. The molecule has 0 spiro atoms. The Balaban J connectivity index is 1.50. The number of para-hydroxylation sites is 2. The summed E-state index contributed by atoms with van der Waals surface area (Å²) in [5, 5.41) is 0.533. The zero-order valence-corrected chi connectivity index (χ0v) is 22.2. The van der Waals surface area contributed by atoms with Crippen LogP contribution in [0.1, 0.15) is 24.4 Å². The van der Waals surface area contributed by atoms with Crippen LogP contribution in [-0.4, -0.2) is 40.6 Å². The number of hydrogen-bond acceptors (Lipinski definition) is 4. The van der Waals surface area contributed by atoms with Gasteiger partial charge in [0.15, 0.2) is 0 Å². The molecule has 1 aromatic heterocycles. The second kappa shape index (κ2) is 11.9. The standard InChI is InChI=1S/C33H31N3O3/c1-24(32-34-30-16-10-9-15-29(30)33(38)36(32)28-13-7-4-8-14-28)35(21-22-39-2)31(37)23-25-17-19-27(20-18-25)26-11-5-3-6-12-26/h3-20,24H,21-23H2,1-2H3. The molecule has 0 bridgehead atoms. The summed E-state index contributed by atoms with van der Waals surface area (Å²) >= 11 is 0. The van der Waals surface area contributed by atoms with Gasteiger partial charge < -0.3 is 9.64 Å². The molecule has 0 saturated carbocycles. The summed E-state index contributed by atoms with van der Waals surface area (Å²) in [6.07, 6.45) is 0.228. The summed E-state index contributed by atoms with van der Waals surface area (Å²) < 4.78 is 6.97. The number of nitrogens with zero attached hydrogens (tertiary/aromatic N) is 3. The molecule has 0 saturated heterocycles. The van der Waals surface area contributed by atoms with Crippen molar-refractivity contribution in [2.45, 2.75) is 19.4 Å². The third-order valence-electron chi connectivity index (χ3n) is 6.93. The van der Waals surface area contributed by atoms with Crippen molar-refractivity contribution in [1.29, 1.82) is 0 Å². The molecule has 1 atom stereocenters. The fourth-order valence-corrected chi connectivity index (χ4v) is 4.84. The summed E-state index contributed by atoms with van der Waals surface area (Å²) in [5.74, 6) is 0.447. The largest absolute Gasteiger partial charge is 0.383 e. The maximum atomic E-state index is 13.7. The van der Waals surface area contributed by atoms with E-state index in [0.717, 1.165) is 16.7 Å². The molecular formula is C33H31N3O3. The molecule has 0 fully saturated rings. The van der Waals surface area contributed by atoms with Crippen LogP contribution in [-0.2, 0) is 16.0 Å². The van der Waals surface area contributed by atoms with Crippen LogP contribution in [0.4, 0.5) is 0 Å². The minimum Gasteiger partial charge on any atom is -0.383 e. The highest BCUT2D eigenvalue weighted by molar-refractivity contribution is 5.80. The first kappa shape index (κ1) is 26.1. The molecule has 196 valence electrons. The highest BCUT2D eigenvalue weighted by Gasteiger charge is 2.27. The van der Waals surface area contributed by atoms with Gasteiger partial charge >= 0.3 is 0 Å². The molecule has 6 nitrogen and oxygen atoms in total. The predicted octanol–water partition coefficient (Wildman–Crippen LogP) is 5.83. The number of fused-ring (bicyclic) bond motifs is 1. The van der Waals surface area contributed by atoms with Gasteiger partial charge in [-0.1, -0.05) is 84.9 Å². The van der Waals surface area contributed by atoms with Gasteiger partial charge in [0.2, 0.25) is 5.91 Å². The number of hydrogen-bond donors (Lipinski definition) is 0. The van der Waals surface area contributed by atoms with Crippen molar-refractivity contribution in [1.82, 2.24) is 14.5 Å². The highest BCUT2D eigenvalue weighted by Crippen LogP contribution is 2.24. The minimum atomic E-state index is -0.478. The molecule has 1 unspecified atom stereocenters. The maximum Gasteiger partial charge on any atom is 0.266 e. The molecule has 5 rings (SSSR count). The van der Waals surface area contributed by atoms with Crippen molar-refractivity contribution in [2.75, 3.05) is 20.3 Å². The molecule has 39 heavy (non-hydrogen) atoms. The third-order valence-corrected chi connectivity index (χ3v) is 6.93. The van der Waals surface area contributed by atoms with Crippen molar-refractivity contribution in [3.63, 3.8) is 0 Å². The molecule has 4 aromatic carbocycles. The van der Waals surface area contributed by atoms with Gasteiger partial charge in [-0.15, -0.1) is 0 Å². The van der Waals surface area contributed by atoms with E-state index in [4.69, 9.17) is 9.72 Å². The van der Waals surface area contributed by atoms with Crippen LogP contribution >= 0.6 is 0 Å². The number of rotatable bonds is 9. The Labute approximate surface area is 228 Å². The summed E-state index contributed by atoms with van der Waals surface area (Å²) in [6.45, 7) is 2.66. The van der Waals surface area contributed by atoms with E-state index < -0.39 is 6.04 Å². The van der Waals surface area contributed by atoms with Crippen molar-refractivity contribution >= 4 is 16.8 Å². The molecule has 0 aliphatic carbocycles. The van der Waals surface area contributed by atoms with Crippen molar-refractivity contribution in [3.05, 3.63) is 131 Å². The molecule has 1 amide bonds. The van der Waals surface area contributed by atoms with E-state index in [0.29, 0.717) is 35.6 Å². The van der Waals surface area contributed by atoms with Crippen LogP contribution < -0.4 is 5.56 Å². The molecule has 0 radical (unpaired) electrons. The third kappa shape index (κ3) is 5.66. The van der Waals surface area contributed by atoms with Crippen molar-refractivity contribution < 1.29 is 9.53 Å². The Kier molecular flexibility index (Phi) is 7.94. The van der Waals surface area contributed by atoms with Crippen LogP contribution in [0.15, 0.2) is 114 Å². The molecule has 0 N–H and O–H groups in total. The predicted molar refractivity (Wildman–Crippen MR) is 155 cm³/mol. The highest BCUT2D eigenvalue weighted by atomic mass is 16.5. The Hall–Kier alpha value is -4.55. The zero-order valence-electron chi connectivity index (χ0n) is 22.2. The SMILES string of the molecule is COCCN(C(=O)Cc1ccc(-c2ccccc2)cc1)C(C)c1nc2ccccc2c(=O)n1-c1ccccc1. The molecule has 0 aliphatic rings. The normalized spacial score (nSPS) is 11.8. The smallest absolute Gasteiger partial charge is 0.266 e. The topological polar surface area (TPSA) is 64.4 Å². The van der Waals surface area contributed by atoms with Gasteiger partial charge in [0.05, 0.1) is 35.7 Å².